The van der Waals surface area contributed by atoms with E-state index in [2.05, 4.69) is 31.9 Å². The molecule has 4 nitrogen and oxygen atoms in total. The summed E-state index contributed by atoms with van der Waals surface area (Å²) in [6.45, 7) is 1.78. The molecule has 2 rings (SSSR count). The molecule has 0 saturated heterocycles. The van der Waals surface area contributed by atoms with Gasteiger partial charge in [0.1, 0.15) is 5.52 Å². The SMILES string of the molecule is COC(=O)/C(F)=C/c1ccc2c(C)nn(PI)c2c1F. The molecule has 0 aliphatic carbocycles. The molecule has 1 aromatic carbocycles. The number of methoxy groups -OCH3 is 1. The highest BCUT2D eigenvalue weighted by Crippen LogP contribution is 2.33. The lowest BCUT2D eigenvalue weighted by molar-refractivity contribution is -0.137. The molecule has 1 atom stereocenters. The number of esters is 1. The second-order valence-electron chi connectivity index (χ2n) is 3.93. The Bertz CT molecular complexity index is 715. The Morgan fingerprint density at radius 2 is 2.25 bits per heavy atom. The molecule has 0 N–H and O–H groups in total. The molecule has 0 saturated carbocycles. The number of aromatic nitrogens is 2. The fourth-order valence-corrected chi connectivity index (χ4v) is 3.34. The molecule has 0 radical (unpaired) electrons. The number of ether oxygens (including phenoxy) is 1. The van der Waals surface area contributed by atoms with Crippen LogP contribution in [-0.2, 0) is 9.53 Å². The largest absolute Gasteiger partial charge is 0.464 e. The zero-order chi connectivity index (χ0) is 14.9. The van der Waals surface area contributed by atoms with Crippen molar-refractivity contribution in [2.75, 3.05) is 7.11 Å². The summed E-state index contributed by atoms with van der Waals surface area (Å²) >= 11 is 2.08. The third-order valence-corrected chi connectivity index (χ3v) is 4.59. The molecule has 2 aromatic rings. The molecular formula is C12H10F2IN2O2P. The predicted octanol–water partition coefficient (Wildman–Crippen LogP) is 3.76. The number of benzene rings is 1. The van der Waals surface area contributed by atoms with Crippen LogP contribution in [0.3, 0.4) is 0 Å². The van der Waals surface area contributed by atoms with Gasteiger partial charge in [0.25, 0.3) is 0 Å². The first kappa shape index (κ1) is 15.3. The van der Waals surface area contributed by atoms with Crippen LogP contribution in [0.4, 0.5) is 8.78 Å². The number of carbonyl (C=O) groups is 1. The first-order chi connectivity index (χ1) is 9.49. The second kappa shape index (κ2) is 6.13. The van der Waals surface area contributed by atoms with Gasteiger partial charge in [-0.1, -0.05) is 12.1 Å². The normalized spacial score (nSPS) is 12.6. The van der Waals surface area contributed by atoms with Gasteiger partial charge in [-0.05, 0) is 35.0 Å². The molecule has 0 spiro atoms. The highest BCUT2D eigenvalue weighted by atomic mass is 127. The maximum atomic E-state index is 14.4. The molecule has 20 heavy (non-hydrogen) atoms. The van der Waals surface area contributed by atoms with Gasteiger partial charge in [-0.25, -0.2) is 13.6 Å². The van der Waals surface area contributed by atoms with Crippen LogP contribution < -0.4 is 0 Å². The van der Waals surface area contributed by atoms with Crippen LogP contribution in [-0.4, -0.2) is 22.6 Å². The van der Waals surface area contributed by atoms with Crippen molar-refractivity contribution in [1.29, 1.82) is 0 Å². The van der Waals surface area contributed by atoms with Crippen LogP contribution in [0.5, 0.6) is 0 Å². The molecule has 0 aliphatic heterocycles. The average molecular weight is 410 g/mol. The lowest BCUT2D eigenvalue weighted by Gasteiger charge is -2.03. The molecule has 1 heterocycles. The third kappa shape index (κ3) is 2.69. The third-order valence-electron chi connectivity index (χ3n) is 2.74. The summed E-state index contributed by atoms with van der Waals surface area (Å²) in [4.78, 5) is 11.0. The Kier molecular flexibility index (Phi) is 4.70. The van der Waals surface area contributed by atoms with Gasteiger partial charge >= 0.3 is 5.97 Å². The van der Waals surface area contributed by atoms with Gasteiger partial charge in [0, 0.05) is 10.9 Å². The van der Waals surface area contributed by atoms with Crippen molar-refractivity contribution in [3.63, 3.8) is 0 Å². The Morgan fingerprint density at radius 3 is 2.85 bits per heavy atom. The van der Waals surface area contributed by atoms with Gasteiger partial charge in [0.2, 0.25) is 5.83 Å². The number of hydrogen-bond donors (Lipinski definition) is 0. The number of carbonyl (C=O) groups excluding carboxylic acids is 1. The number of rotatable bonds is 3. The van der Waals surface area contributed by atoms with Crippen molar-refractivity contribution in [2.24, 2.45) is 0 Å². The monoisotopic (exact) mass is 410 g/mol. The minimum Gasteiger partial charge on any atom is -0.464 e. The number of halogens is 3. The summed E-state index contributed by atoms with van der Waals surface area (Å²) < 4.78 is 33.6. The van der Waals surface area contributed by atoms with E-state index in [0.29, 0.717) is 16.6 Å². The Balaban J connectivity index is 2.63. The van der Waals surface area contributed by atoms with Crippen molar-refractivity contribution in [3.8, 4) is 0 Å². The quantitative estimate of drug-likeness (QED) is 0.335. The lowest BCUT2D eigenvalue weighted by atomic mass is 10.1. The number of aryl methyl sites for hydroxylation is 1. The van der Waals surface area contributed by atoms with Crippen LogP contribution >= 0.6 is 28.4 Å². The van der Waals surface area contributed by atoms with E-state index in [0.717, 1.165) is 13.2 Å². The van der Waals surface area contributed by atoms with Crippen LogP contribution in [0, 0.1) is 12.7 Å². The smallest absolute Gasteiger partial charge is 0.366 e. The van der Waals surface area contributed by atoms with E-state index in [1.807, 2.05) is 0 Å². The van der Waals surface area contributed by atoms with Crippen LogP contribution in [0.15, 0.2) is 18.0 Å². The topological polar surface area (TPSA) is 44.1 Å². The highest BCUT2D eigenvalue weighted by molar-refractivity contribution is 14.2. The Morgan fingerprint density at radius 1 is 1.55 bits per heavy atom. The van der Waals surface area contributed by atoms with Crippen molar-refractivity contribution in [3.05, 3.63) is 35.0 Å². The first-order valence-electron chi connectivity index (χ1n) is 5.49. The maximum Gasteiger partial charge on any atom is 0.366 e. The number of fused-ring (bicyclic) bond motifs is 1. The van der Waals surface area contributed by atoms with Crippen molar-refractivity contribution < 1.29 is 18.3 Å². The zero-order valence-corrected chi connectivity index (χ0v) is 13.7. The summed E-state index contributed by atoms with van der Waals surface area (Å²) in [5.74, 6) is -2.89. The summed E-state index contributed by atoms with van der Waals surface area (Å²) in [6.07, 6.45) is 1.04. The highest BCUT2D eigenvalue weighted by Gasteiger charge is 2.16. The zero-order valence-electron chi connectivity index (χ0n) is 10.6. The summed E-state index contributed by atoms with van der Waals surface area (Å²) in [7, 11) is 1.06. The minimum atomic E-state index is -1.15. The molecule has 1 aromatic heterocycles. The second-order valence-corrected chi connectivity index (χ2v) is 5.97. The van der Waals surface area contributed by atoms with Crippen LogP contribution in [0.25, 0.3) is 17.0 Å². The van der Waals surface area contributed by atoms with E-state index in [1.165, 1.54) is 10.5 Å². The van der Waals surface area contributed by atoms with Crippen molar-refractivity contribution in [1.82, 2.24) is 9.55 Å². The van der Waals surface area contributed by atoms with E-state index in [-0.39, 0.29) is 11.9 Å². The van der Waals surface area contributed by atoms with Gasteiger partial charge in [-0.15, -0.1) is 0 Å². The van der Waals surface area contributed by atoms with E-state index in [4.69, 9.17) is 0 Å². The number of hydrogen-bond acceptors (Lipinski definition) is 3. The fourth-order valence-electron chi connectivity index (χ4n) is 1.80. The van der Waals surface area contributed by atoms with Crippen LogP contribution in [0.1, 0.15) is 11.3 Å². The van der Waals surface area contributed by atoms with E-state index >= 15 is 0 Å². The molecule has 0 amide bonds. The average Bonchev–Trinajstić information content (AvgIpc) is 2.78. The molecule has 0 aliphatic rings. The summed E-state index contributed by atoms with van der Waals surface area (Å²) in [5, 5.41) is 4.88. The Labute approximate surface area is 128 Å². The van der Waals surface area contributed by atoms with Crippen LogP contribution in [0.2, 0.25) is 0 Å². The summed E-state index contributed by atoms with van der Waals surface area (Å²) in [6, 6.07) is 3.07. The van der Waals surface area contributed by atoms with E-state index in [9.17, 15) is 13.6 Å². The van der Waals surface area contributed by atoms with Gasteiger partial charge in [-0.2, -0.15) is 9.49 Å². The standard InChI is InChI=1S/C12H10F2IN2O2P/c1-6-8-4-3-7(5-9(13)12(18)19-2)10(14)11(8)17(16-6)20-15/h3-5,20H,1-2H3/b9-5-. The molecule has 0 bridgehead atoms. The van der Waals surface area contributed by atoms with Gasteiger partial charge in [-0.3, -0.25) is 0 Å². The summed E-state index contributed by atoms with van der Waals surface area (Å²) in [5.41, 5.74) is 0.991. The first-order valence-corrected chi connectivity index (χ1v) is 9.55. The molecular weight excluding hydrogens is 400 g/mol. The fraction of sp³-hybridized carbons (Fsp3) is 0.167. The molecule has 1 unspecified atom stereocenters. The molecule has 8 heteroatoms. The number of nitrogens with zero attached hydrogens (tertiary/aromatic N) is 2. The lowest BCUT2D eigenvalue weighted by Crippen LogP contribution is -2.00. The van der Waals surface area contributed by atoms with Crippen molar-refractivity contribution in [2.45, 2.75) is 6.92 Å². The molecule has 106 valence electrons. The van der Waals surface area contributed by atoms with Crippen molar-refractivity contribution >= 4 is 51.4 Å². The van der Waals surface area contributed by atoms with Gasteiger partial charge < -0.3 is 4.74 Å². The molecule has 0 fully saturated rings. The van der Waals surface area contributed by atoms with Gasteiger partial charge in [0.05, 0.1) is 19.2 Å². The minimum absolute atomic E-state index is 0.0174. The van der Waals surface area contributed by atoms with E-state index < -0.39 is 17.6 Å². The van der Waals surface area contributed by atoms with Gasteiger partial charge in [0.15, 0.2) is 5.82 Å². The Hall–Kier alpha value is -1.08. The predicted molar refractivity (Wildman–Crippen MR) is 83.3 cm³/mol. The maximum absolute atomic E-state index is 14.4. The van der Waals surface area contributed by atoms with E-state index in [1.54, 1.807) is 13.0 Å².